The van der Waals surface area contributed by atoms with Crippen LogP contribution in [0.5, 0.6) is 0 Å². The van der Waals surface area contributed by atoms with Gasteiger partial charge in [0.05, 0.1) is 0 Å². The summed E-state index contributed by atoms with van der Waals surface area (Å²) in [6, 6.07) is 12.9. The zero-order chi connectivity index (χ0) is 15.8. The summed E-state index contributed by atoms with van der Waals surface area (Å²) >= 11 is 0. The van der Waals surface area contributed by atoms with E-state index in [9.17, 15) is 0 Å². The molecule has 0 fully saturated rings. The predicted octanol–water partition coefficient (Wildman–Crippen LogP) is 3.11. The summed E-state index contributed by atoms with van der Waals surface area (Å²) in [6.07, 6.45) is 3.22. The Labute approximate surface area is 136 Å². The fraction of sp³-hybridized carbons (Fsp3) is 0.389. The summed E-state index contributed by atoms with van der Waals surface area (Å²) in [5.74, 6) is 2.58. The molecule has 1 aliphatic rings. The van der Waals surface area contributed by atoms with Gasteiger partial charge in [0.15, 0.2) is 5.82 Å². The minimum absolute atomic E-state index is 0.594. The summed E-state index contributed by atoms with van der Waals surface area (Å²) in [6.45, 7) is 3.01. The van der Waals surface area contributed by atoms with E-state index in [0.29, 0.717) is 5.92 Å². The molecule has 118 valence electrons. The van der Waals surface area contributed by atoms with Crippen LogP contribution in [0.1, 0.15) is 35.8 Å². The van der Waals surface area contributed by atoms with E-state index in [1.54, 1.807) is 0 Å². The number of hydrogen-bond donors (Lipinski definition) is 0. The highest BCUT2D eigenvalue weighted by atomic mass is 15.3. The van der Waals surface area contributed by atoms with Crippen LogP contribution in [0.15, 0.2) is 36.4 Å². The van der Waals surface area contributed by atoms with Crippen molar-refractivity contribution in [2.75, 3.05) is 0 Å². The Morgan fingerprint density at radius 1 is 1.09 bits per heavy atom. The molecule has 1 unspecified atom stereocenters. The molecule has 0 spiro atoms. The summed E-state index contributed by atoms with van der Waals surface area (Å²) in [5, 5.41) is 13.4. The smallest absolute Gasteiger partial charge is 0.184 e. The first-order valence-electron chi connectivity index (χ1n) is 8.20. The van der Waals surface area contributed by atoms with Crippen molar-refractivity contribution in [3.8, 4) is 11.5 Å². The Morgan fingerprint density at radius 2 is 1.91 bits per heavy atom. The van der Waals surface area contributed by atoms with Crippen LogP contribution in [0, 0.1) is 6.92 Å². The molecule has 1 atom stereocenters. The second-order valence-corrected chi connectivity index (χ2v) is 6.32. The van der Waals surface area contributed by atoms with E-state index >= 15 is 0 Å². The maximum atomic E-state index is 4.56. The van der Waals surface area contributed by atoms with E-state index in [1.807, 2.05) is 11.7 Å². The van der Waals surface area contributed by atoms with Crippen molar-refractivity contribution < 1.29 is 0 Å². The van der Waals surface area contributed by atoms with Crippen LogP contribution in [-0.4, -0.2) is 24.5 Å². The third-order valence-corrected chi connectivity index (χ3v) is 4.86. The SMILES string of the molecule is Cc1cc(-c2nnc3n2CCC(c2ccccc2)CC3)nn1C. The molecule has 0 radical (unpaired) electrons. The molecule has 23 heavy (non-hydrogen) atoms. The van der Waals surface area contributed by atoms with Gasteiger partial charge in [-0.05, 0) is 37.3 Å². The van der Waals surface area contributed by atoms with Gasteiger partial charge in [0.2, 0.25) is 0 Å². The number of nitrogens with zero attached hydrogens (tertiary/aromatic N) is 5. The predicted molar refractivity (Wildman–Crippen MR) is 89.1 cm³/mol. The van der Waals surface area contributed by atoms with Gasteiger partial charge in [-0.2, -0.15) is 5.10 Å². The fourth-order valence-electron chi connectivity index (χ4n) is 3.41. The largest absolute Gasteiger partial charge is 0.310 e. The second kappa shape index (κ2) is 5.65. The Bertz CT molecular complexity index is 796. The summed E-state index contributed by atoms with van der Waals surface area (Å²) < 4.78 is 4.14. The molecular weight excluding hydrogens is 286 g/mol. The van der Waals surface area contributed by atoms with Gasteiger partial charge in [0, 0.05) is 25.7 Å². The standard InChI is InChI=1S/C18H21N5/c1-13-12-16(21-22(13)2)18-20-19-17-9-8-15(10-11-23(17)18)14-6-4-3-5-7-14/h3-7,12,15H,8-11H2,1-2H3. The van der Waals surface area contributed by atoms with Gasteiger partial charge in [0.1, 0.15) is 11.5 Å². The van der Waals surface area contributed by atoms with Gasteiger partial charge in [-0.1, -0.05) is 30.3 Å². The van der Waals surface area contributed by atoms with E-state index in [4.69, 9.17) is 0 Å². The average Bonchev–Trinajstić information content (AvgIpc) is 3.05. The average molecular weight is 307 g/mol. The van der Waals surface area contributed by atoms with Crippen LogP contribution >= 0.6 is 0 Å². The Balaban J connectivity index is 1.63. The summed E-state index contributed by atoms with van der Waals surface area (Å²) in [5.41, 5.74) is 3.48. The molecule has 5 heteroatoms. The molecule has 0 aliphatic carbocycles. The third kappa shape index (κ3) is 2.56. The highest BCUT2D eigenvalue weighted by Crippen LogP contribution is 2.30. The van der Waals surface area contributed by atoms with Crippen LogP contribution in [0.4, 0.5) is 0 Å². The van der Waals surface area contributed by atoms with Gasteiger partial charge >= 0.3 is 0 Å². The zero-order valence-corrected chi connectivity index (χ0v) is 13.6. The van der Waals surface area contributed by atoms with Gasteiger partial charge in [-0.3, -0.25) is 4.68 Å². The van der Waals surface area contributed by atoms with Crippen molar-refractivity contribution in [3.05, 3.63) is 53.5 Å². The second-order valence-electron chi connectivity index (χ2n) is 6.32. The third-order valence-electron chi connectivity index (χ3n) is 4.86. The Kier molecular flexibility index (Phi) is 3.48. The molecule has 1 aliphatic heterocycles. The van der Waals surface area contributed by atoms with E-state index < -0.39 is 0 Å². The van der Waals surface area contributed by atoms with Crippen molar-refractivity contribution in [3.63, 3.8) is 0 Å². The summed E-state index contributed by atoms with van der Waals surface area (Å²) in [4.78, 5) is 0. The van der Waals surface area contributed by atoms with Crippen LogP contribution in [-0.2, 0) is 20.0 Å². The van der Waals surface area contributed by atoms with Crippen LogP contribution in [0.25, 0.3) is 11.5 Å². The van der Waals surface area contributed by atoms with Gasteiger partial charge < -0.3 is 4.57 Å². The maximum Gasteiger partial charge on any atom is 0.184 e. The molecule has 3 aromatic rings. The highest BCUT2D eigenvalue weighted by molar-refractivity contribution is 5.50. The first-order chi connectivity index (χ1) is 11.2. The fourth-order valence-corrected chi connectivity index (χ4v) is 3.41. The summed E-state index contributed by atoms with van der Waals surface area (Å²) in [7, 11) is 1.96. The lowest BCUT2D eigenvalue weighted by Crippen LogP contribution is -2.04. The van der Waals surface area contributed by atoms with E-state index in [-0.39, 0.29) is 0 Å². The molecule has 1 aromatic carbocycles. The van der Waals surface area contributed by atoms with Crippen LogP contribution in [0.2, 0.25) is 0 Å². The van der Waals surface area contributed by atoms with E-state index in [2.05, 4.69) is 63.2 Å². The molecule has 3 heterocycles. The zero-order valence-electron chi connectivity index (χ0n) is 13.6. The lowest BCUT2D eigenvalue weighted by atomic mass is 9.92. The Hall–Kier alpha value is -2.43. The molecule has 2 aromatic heterocycles. The molecule has 0 N–H and O–H groups in total. The van der Waals surface area contributed by atoms with Crippen molar-refractivity contribution in [1.82, 2.24) is 24.5 Å². The van der Waals surface area contributed by atoms with Gasteiger partial charge in [0.25, 0.3) is 0 Å². The van der Waals surface area contributed by atoms with E-state index in [1.165, 1.54) is 5.56 Å². The topological polar surface area (TPSA) is 48.5 Å². The quantitative estimate of drug-likeness (QED) is 0.731. The van der Waals surface area contributed by atoms with Gasteiger partial charge in [-0.15, -0.1) is 10.2 Å². The van der Waals surface area contributed by atoms with Gasteiger partial charge in [-0.25, -0.2) is 0 Å². The first kappa shape index (κ1) is 14.2. The molecule has 0 saturated carbocycles. The molecule has 0 amide bonds. The molecule has 4 rings (SSSR count). The minimum Gasteiger partial charge on any atom is -0.310 e. The lowest BCUT2D eigenvalue weighted by molar-refractivity contribution is 0.561. The monoisotopic (exact) mass is 307 g/mol. The lowest BCUT2D eigenvalue weighted by Gasteiger charge is -2.14. The van der Waals surface area contributed by atoms with Crippen LogP contribution in [0.3, 0.4) is 0 Å². The minimum atomic E-state index is 0.594. The normalized spacial score (nSPS) is 17.7. The number of aryl methyl sites for hydroxylation is 3. The molecule has 5 nitrogen and oxygen atoms in total. The number of hydrogen-bond acceptors (Lipinski definition) is 3. The number of rotatable bonds is 2. The van der Waals surface area contributed by atoms with Crippen molar-refractivity contribution in [2.45, 2.75) is 38.6 Å². The van der Waals surface area contributed by atoms with Crippen molar-refractivity contribution in [1.29, 1.82) is 0 Å². The molecular formula is C18H21N5. The first-order valence-corrected chi connectivity index (χ1v) is 8.20. The molecule has 0 saturated heterocycles. The van der Waals surface area contributed by atoms with E-state index in [0.717, 1.165) is 48.8 Å². The number of benzene rings is 1. The van der Waals surface area contributed by atoms with Crippen molar-refractivity contribution in [2.24, 2.45) is 7.05 Å². The Morgan fingerprint density at radius 3 is 2.65 bits per heavy atom. The number of aromatic nitrogens is 5. The van der Waals surface area contributed by atoms with Crippen LogP contribution < -0.4 is 0 Å². The molecule has 0 bridgehead atoms. The highest BCUT2D eigenvalue weighted by Gasteiger charge is 2.23. The number of fused-ring (bicyclic) bond motifs is 1. The maximum absolute atomic E-state index is 4.56. The van der Waals surface area contributed by atoms with Crippen molar-refractivity contribution >= 4 is 0 Å².